The molecule has 2 rings (SSSR count). The van der Waals surface area contributed by atoms with Crippen LogP contribution in [-0.2, 0) is 4.79 Å². The van der Waals surface area contributed by atoms with Crippen LogP contribution in [0.25, 0.3) is 5.69 Å². The highest BCUT2D eigenvalue weighted by atomic mass is 16.4. The van der Waals surface area contributed by atoms with E-state index in [1.807, 2.05) is 6.07 Å². The summed E-state index contributed by atoms with van der Waals surface area (Å²) >= 11 is 0. The highest BCUT2D eigenvalue weighted by molar-refractivity contribution is 6.05. The van der Waals surface area contributed by atoms with Crippen LogP contribution in [0.5, 0.6) is 0 Å². The van der Waals surface area contributed by atoms with E-state index in [1.165, 1.54) is 0 Å². The van der Waals surface area contributed by atoms with Crippen LogP contribution < -0.4 is 0 Å². The minimum atomic E-state index is -1.12. The number of rotatable bonds is 4. The van der Waals surface area contributed by atoms with Crippen LogP contribution in [0.3, 0.4) is 0 Å². The predicted molar refractivity (Wildman–Crippen MR) is 60.1 cm³/mol. The maximum atomic E-state index is 11.6. The van der Waals surface area contributed by atoms with Crippen LogP contribution in [-0.4, -0.2) is 26.4 Å². The third kappa shape index (κ3) is 2.57. The SMILES string of the molecule is O=C(O)CC(=O)c1cccc(-n2ccnc2)c1. The Bertz CT molecular complexity index is 547. The van der Waals surface area contributed by atoms with Gasteiger partial charge in [0.25, 0.3) is 0 Å². The van der Waals surface area contributed by atoms with E-state index >= 15 is 0 Å². The second kappa shape index (κ2) is 4.61. The number of carbonyl (C=O) groups is 2. The Morgan fingerprint density at radius 3 is 2.82 bits per heavy atom. The lowest BCUT2D eigenvalue weighted by molar-refractivity contribution is -0.135. The summed E-state index contributed by atoms with van der Waals surface area (Å²) in [6.45, 7) is 0. The first-order valence-corrected chi connectivity index (χ1v) is 5.00. The number of hydrogen-bond acceptors (Lipinski definition) is 3. The second-order valence-electron chi connectivity index (χ2n) is 3.51. The molecule has 5 heteroatoms. The van der Waals surface area contributed by atoms with Gasteiger partial charge in [-0.15, -0.1) is 0 Å². The fraction of sp³-hybridized carbons (Fsp3) is 0.0833. The van der Waals surface area contributed by atoms with Gasteiger partial charge in [0.1, 0.15) is 6.42 Å². The quantitative estimate of drug-likeness (QED) is 0.638. The van der Waals surface area contributed by atoms with Crippen LogP contribution >= 0.6 is 0 Å². The fourth-order valence-electron chi connectivity index (χ4n) is 1.49. The van der Waals surface area contributed by atoms with E-state index in [0.29, 0.717) is 5.56 Å². The Hall–Kier alpha value is -2.43. The molecular formula is C12H10N2O3. The van der Waals surface area contributed by atoms with Crippen molar-refractivity contribution < 1.29 is 14.7 Å². The third-order valence-corrected chi connectivity index (χ3v) is 2.28. The van der Waals surface area contributed by atoms with Gasteiger partial charge in [0, 0.05) is 23.6 Å². The maximum absolute atomic E-state index is 11.6. The molecule has 1 aromatic carbocycles. The molecule has 17 heavy (non-hydrogen) atoms. The summed E-state index contributed by atoms with van der Waals surface area (Å²) in [5, 5.41) is 8.56. The zero-order valence-electron chi connectivity index (χ0n) is 8.91. The Labute approximate surface area is 97.3 Å². The summed E-state index contributed by atoms with van der Waals surface area (Å²) in [7, 11) is 0. The van der Waals surface area contributed by atoms with E-state index in [0.717, 1.165) is 5.69 Å². The van der Waals surface area contributed by atoms with E-state index < -0.39 is 18.2 Å². The number of aliphatic carboxylic acids is 1. The van der Waals surface area contributed by atoms with Crippen LogP contribution in [0.1, 0.15) is 16.8 Å². The molecule has 1 aromatic heterocycles. The third-order valence-electron chi connectivity index (χ3n) is 2.28. The van der Waals surface area contributed by atoms with Crippen molar-refractivity contribution in [2.45, 2.75) is 6.42 Å². The summed E-state index contributed by atoms with van der Waals surface area (Å²) in [6.07, 6.45) is 4.50. The number of hydrogen-bond donors (Lipinski definition) is 1. The number of benzene rings is 1. The summed E-state index contributed by atoms with van der Waals surface area (Å²) < 4.78 is 1.75. The molecule has 0 atom stereocenters. The average molecular weight is 230 g/mol. The minimum absolute atomic E-state index is 0.388. The Morgan fingerprint density at radius 1 is 1.35 bits per heavy atom. The monoisotopic (exact) mass is 230 g/mol. The van der Waals surface area contributed by atoms with Gasteiger partial charge in [-0.2, -0.15) is 0 Å². The van der Waals surface area contributed by atoms with E-state index in [1.54, 1.807) is 41.5 Å². The van der Waals surface area contributed by atoms with Gasteiger partial charge in [-0.25, -0.2) is 4.98 Å². The van der Waals surface area contributed by atoms with Gasteiger partial charge >= 0.3 is 5.97 Å². The molecule has 0 saturated heterocycles. The van der Waals surface area contributed by atoms with Crippen molar-refractivity contribution in [3.8, 4) is 5.69 Å². The van der Waals surface area contributed by atoms with Crippen LogP contribution in [0.15, 0.2) is 43.0 Å². The summed E-state index contributed by atoms with van der Waals surface area (Å²) in [6, 6.07) is 6.78. The van der Waals surface area contributed by atoms with Crippen molar-refractivity contribution in [1.29, 1.82) is 0 Å². The van der Waals surface area contributed by atoms with Gasteiger partial charge in [0.05, 0.1) is 6.33 Å². The molecule has 0 amide bonds. The first-order chi connectivity index (χ1) is 8.16. The molecule has 5 nitrogen and oxygen atoms in total. The first kappa shape index (κ1) is 11.1. The number of carboxylic acids is 1. The highest BCUT2D eigenvalue weighted by Gasteiger charge is 2.11. The van der Waals surface area contributed by atoms with Crippen LogP contribution in [0, 0.1) is 0 Å². The van der Waals surface area contributed by atoms with Crippen LogP contribution in [0.4, 0.5) is 0 Å². The van der Waals surface area contributed by atoms with Gasteiger partial charge in [0.2, 0.25) is 0 Å². The highest BCUT2D eigenvalue weighted by Crippen LogP contribution is 2.11. The van der Waals surface area contributed by atoms with Crippen molar-refractivity contribution in [3.05, 3.63) is 48.5 Å². The molecular weight excluding hydrogens is 220 g/mol. The number of carboxylic acid groups (broad SMARTS) is 1. The predicted octanol–water partition coefficient (Wildman–Crippen LogP) is 1.53. The lowest BCUT2D eigenvalue weighted by Gasteiger charge is -2.04. The van der Waals surface area contributed by atoms with E-state index in [9.17, 15) is 9.59 Å². The number of nitrogens with zero attached hydrogens (tertiary/aromatic N) is 2. The van der Waals surface area contributed by atoms with Gasteiger partial charge in [-0.3, -0.25) is 9.59 Å². The van der Waals surface area contributed by atoms with Gasteiger partial charge in [-0.05, 0) is 12.1 Å². The summed E-state index contributed by atoms with van der Waals surface area (Å²) in [4.78, 5) is 25.9. The smallest absolute Gasteiger partial charge is 0.311 e. The maximum Gasteiger partial charge on any atom is 0.311 e. The Morgan fingerprint density at radius 2 is 2.18 bits per heavy atom. The molecule has 0 saturated carbocycles. The molecule has 2 aromatic rings. The number of imidazole rings is 1. The first-order valence-electron chi connectivity index (χ1n) is 5.00. The van der Waals surface area contributed by atoms with E-state index in [4.69, 9.17) is 5.11 Å². The summed E-state index contributed by atoms with van der Waals surface area (Å²) in [5.74, 6) is -1.53. The van der Waals surface area contributed by atoms with Crippen molar-refractivity contribution in [3.63, 3.8) is 0 Å². The molecule has 0 bridgehead atoms. The fourth-order valence-corrected chi connectivity index (χ4v) is 1.49. The van der Waals surface area contributed by atoms with Crippen molar-refractivity contribution in [1.82, 2.24) is 9.55 Å². The zero-order valence-corrected chi connectivity index (χ0v) is 8.91. The average Bonchev–Trinajstić information content (AvgIpc) is 2.82. The standard InChI is InChI=1S/C12H10N2O3/c15-11(7-12(16)17)9-2-1-3-10(6-9)14-5-4-13-8-14/h1-6,8H,7H2,(H,16,17). The van der Waals surface area contributed by atoms with Gasteiger partial charge in [0.15, 0.2) is 5.78 Å². The molecule has 0 unspecified atom stereocenters. The molecule has 1 heterocycles. The van der Waals surface area contributed by atoms with Crippen LogP contribution in [0.2, 0.25) is 0 Å². The van der Waals surface area contributed by atoms with Crippen molar-refractivity contribution >= 4 is 11.8 Å². The normalized spacial score (nSPS) is 10.1. The molecule has 0 spiro atoms. The number of carbonyl (C=O) groups excluding carboxylic acids is 1. The molecule has 0 aliphatic rings. The number of aromatic nitrogens is 2. The molecule has 1 N–H and O–H groups in total. The number of ketones is 1. The molecule has 0 aliphatic carbocycles. The minimum Gasteiger partial charge on any atom is -0.481 e. The van der Waals surface area contributed by atoms with Gasteiger partial charge in [-0.1, -0.05) is 12.1 Å². The summed E-state index contributed by atoms with van der Waals surface area (Å²) in [5.41, 5.74) is 1.16. The molecule has 86 valence electrons. The van der Waals surface area contributed by atoms with E-state index in [2.05, 4.69) is 4.98 Å². The molecule has 0 fully saturated rings. The largest absolute Gasteiger partial charge is 0.481 e. The lowest BCUT2D eigenvalue weighted by atomic mass is 10.1. The Kier molecular flexibility index (Phi) is 3.00. The Balaban J connectivity index is 2.29. The van der Waals surface area contributed by atoms with Crippen molar-refractivity contribution in [2.75, 3.05) is 0 Å². The second-order valence-corrected chi connectivity index (χ2v) is 3.51. The number of Topliss-reactive ketones (excluding diaryl/α,β-unsaturated/α-hetero) is 1. The molecule has 0 aliphatic heterocycles. The van der Waals surface area contributed by atoms with Crippen molar-refractivity contribution in [2.24, 2.45) is 0 Å². The zero-order chi connectivity index (χ0) is 12.3. The topological polar surface area (TPSA) is 72.2 Å². The van der Waals surface area contributed by atoms with Gasteiger partial charge < -0.3 is 9.67 Å². The lowest BCUT2D eigenvalue weighted by Crippen LogP contribution is -2.07. The molecule has 0 radical (unpaired) electrons. The van der Waals surface area contributed by atoms with E-state index in [-0.39, 0.29) is 0 Å².